The number of anilines is 2. The number of halogens is 2. The molecule has 3 N–H and O–H groups in total. The van der Waals surface area contributed by atoms with Crippen LogP contribution in [-0.2, 0) is 16.4 Å². The third-order valence-electron chi connectivity index (χ3n) is 2.83. The Morgan fingerprint density at radius 1 is 1.38 bits per heavy atom. The van der Waals surface area contributed by atoms with Gasteiger partial charge in [0, 0.05) is 4.88 Å². The molecule has 0 saturated heterocycles. The summed E-state index contributed by atoms with van der Waals surface area (Å²) in [4.78, 5) is 5.08. The monoisotopic (exact) mass is 365 g/mol. The van der Waals surface area contributed by atoms with Crippen LogP contribution in [-0.4, -0.2) is 13.4 Å². The van der Waals surface area contributed by atoms with Crippen molar-refractivity contribution in [3.63, 3.8) is 0 Å². The van der Waals surface area contributed by atoms with Gasteiger partial charge in [-0.25, -0.2) is 13.4 Å². The van der Waals surface area contributed by atoms with E-state index in [-0.39, 0.29) is 20.6 Å². The van der Waals surface area contributed by atoms with Gasteiger partial charge in [0.05, 0.1) is 21.4 Å². The van der Waals surface area contributed by atoms with E-state index in [9.17, 15) is 8.42 Å². The lowest BCUT2D eigenvalue weighted by Gasteiger charge is -2.09. The molecule has 0 aliphatic heterocycles. The van der Waals surface area contributed by atoms with Crippen LogP contribution in [0.1, 0.15) is 17.5 Å². The van der Waals surface area contributed by atoms with Crippen molar-refractivity contribution >= 4 is 55.4 Å². The summed E-state index contributed by atoms with van der Waals surface area (Å²) < 4.78 is 27.1. The number of nitrogens with zero attached hydrogens (tertiary/aromatic N) is 1. The molecule has 0 amide bonds. The summed E-state index contributed by atoms with van der Waals surface area (Å²) in [6, 6.07) is 2.70. The predicted octanol–water partition coefficient (Wildman–Crippen LogP) is 3.70. The second kappa shape index (κ2) is 6.00. The van der Waals surface area contributed by atoms with Gasteiger partial charge in [0.25, 0.3) is 10.0 Å². The lowest BCUT2D eigenvalue weighted by atomic mass is 10.3. The molecular formula is C12H13Cl2N3O2S2. The van der Waals surface area contributed by atoms with E-state index in [2.05, 4.69) is 9.71 Å². The Kier molecular flexibility index (Phi) is 4.67. The van der Waals surface area contributed by atoms with E-state index in [0.29, 0.717) is 5.13 Å². The molecule has 0 radical (unpaired) electrons. The standard InChI is InChI=1S/C12H13Cl2N3O2S2/c1-3-8-6(2)20-12(16-8)17-21(18,19)9-5-4-7(13)11(15)10(9)14/h4-5H,3,15H2,1-2H3,(H,16,17). The van der Waals surface area contributed by atoms with Crippen LogP contribution >= 0.6 is 34.5 Å². The maximum absolute atomic E-state index is 12.4. The van der Waals surface area contributed by atoms with Crippen LogP contribution in [0.5, 0.6) is 0 Å². The molecule has 0 fully saturated rings. The summed E-state index contributed by atoms with van der Waals surface area (Å²) in [6.45, 7) is 3.85. The Hall–Kier alpha value is -1.02. The van der Waals surface area contributed by atoms with Crippen molar-refractivity contribution in [3.05, 3.63) is 32.7 Å². The van der Waals surface area contributed by atoms with Gasteiger partial charge >= 0.3 is 0 Å². The molecule has 0 spiro atoms. The van der Waals surface area contributed by atoms with Crippen LogP contribution < -0.4 is 10.5 Å². The highest BCUT2D eigenvalue weighted by Crippen LogP contribution is 2.34. The van der Waals surface area contributed by atoms with Crippen LogP contribution in [0.2, 0.25) is 10.0 Å². The van der Waals surface area contributed by atoms with Crippen LogP contribution in [0.4, 0.5) is 10.8 Å². The number of rotatable bonds is 4. The summed E-state index contributed by atoms with van der Waals surface area (Å²) in [6.07, 6.45) is 0.735. The minimum atomic E-state index is -3.87. The van der Waals surface area contributed by atoms with Gasteiger partial charge in [-0.15, -0.1) is 11.3 Å². The second-order valence-electron chi connectivity index (χ2n) is 4.25. The quantitative estimate of drug-likeness (QED) is 0.808. The Morgan fingerprint density at radius 3 is 2.62 bits per heavy atom. The second-order valence-corrected chi connectivity index (χ2v) is 7.89. The molecule has 2 rings (SSSR count). The van der Waals surface area contributed by atoms with Gasteiger partial charge in [0.15, 0.2) is 5.13 Å². The molecular weight excluding hydrogens is 353 g/mol. The predicted molar refractivity (Wildman–Crippen MR) is 87.9 cm³/mol. The molecule has 5 nitrogen and oxygen atoms in total. The van der Waals surface area contributed by atoms with Gasteiger partial charge in [-0.05, 0) is 25.5 Å². The Balaban J connectivity index is 2.41. The summed E-state index contributed by atoms with van der Waals surface area (Å²) in [5, 5.41) is 0.408. The number of aromatic nitrogens is 1. The van der Waals surface area contributed by atoms with Crippen LogP contribution in [0, 0.1) is 6.92 Å². The van der Waals surface area contributed by atoms with Crippen molar-refractivity contribution in [2.24, 2.45) is 0 Å². The first kappa shape index (κ1) is 16.4. The molecule has 0 unspecified atom stereocenters. The summed E-state index contributed by atoms with van der Waals surface area (Å²) in [5.41, 5.74) is 6.55. The maximum atomic E-state index is 12.4. The van der Waals surface area contributed by atoms with Gasteiger partial charge in [-0.3, -0.25) is 4.72 Å². The van der Waals surface area contributed by atoms with Crippen LogP contribution in [0.25, 0.3) is 0 Å². The Morgan fingerprint density at radius 2 is 2.05 bits per heavy atom. The molecule has 0 saturated carbocycles. The summed E-state index contributed by atoms with van der Waals surface area (Å²) in [7, 11) is -3.87. The fourth-order valence-electron chi connectivity index (χ4n) is 1.73. The Bertz CT molecular complexity index is 788. The van der Waals surface area contributed by atoms with Crippen molar-refractivity contribution in [2.45, 2.75) is 25.2 Å². The number of nitrogens with one attached hydrogen (secondary N) is 1. The van der Waals surface area contributed by atoms with Gasteiger partial charge < -0.3 is 5.73 Å². The normalized spacial score (nSPS) is 11.6. The highest BCUT2D eigenvalue weighted by Gasteiger charge is 2.22. The lowest BCUT2D eigenvalue weighted by molar-refractivity contribution is 0.601. The highest BCUT2D eigenvalue weighted by molar-refractivity contribution is 7.93. The molecule has 21 heavy (non-hydrogen) atoms. The number of hydrogen-bond acceptors (Lipinski definition) is 5. The van der Waals surface area contributed by atoms with Gasteiger partial charge in [0.2, 0.25) is 0 Å². The van der Waals surface area contributed by atoms with E-state index in [0.717, 1.165) is 17.0 Å². The van der Waals surface area contributed by atoms with Crippen molar-refractivity contribution in [1.29, 1.82) is 0 Å². The average Bonchev–Trinajstić information content (AvgIpc) is 2.74. The van der Waals surface area contributed by atoms with Gasteiger partial charge in [-0.2, -0.15) is 0 Å². The molecule has 0 aliphatic rings. The Labute approximate surface area is 137 Å². The van der Waals surface area contributed by atoms with E-state index >= 15 is 0 Å². The van der Waals surface area contributed by atoms with E-state index in [4.69, 9.17) is 28.9 Å². The number of nitrogen functional groups attached to an aromatic ring is 1. The van der Waals surface area contributed by atoms with Crippen molar-refractivity contribution in [3.8, 4) is 0 Å². The number of nitrogens with two attached hydrogens (primary N) is 1. The topological polar surface area (TPSA) is 85.1 Å². The highest BCUT2D eigenvalue weighted by atomic mass is 35.5. The zero-order valence-electron chi connectivity index (χ0n) is 11.3. The SMILES string of the molecule is CCc1nc(NS(=O)(=O)c2ccc(Cl)c(N)c2Cl)sc1C. The maximum Gasteiger partial charge on any atom is 0.265 e. The minimum absolute atomic E-state index is 0.0331. The minimum Gasteiger partial charge on any atom is -0.396 e. The van der Waals surface area contributed by atoms with E-state index < -0.39 is 10.0 Å². The largest absolute Gasteiger partial charge is 0.396 e. The summed E-state index contributed by atoms with van der Waals surface area (Å²) >= 11 is 13.0. The molecule has 0 atom stereocenters. The summed E-state index contributed by atoms with van der Waals surface area (Å²) in [5.74, 6) is 0. The van der Waals surface area contributed by atoms with Crippen LogP contribution in [0.3, 0.4) is 0 Å². The van der Waals surface area contributed by atoms with Crippen LogP contribution in [0.15, 0.2) is 17.0 Å². The molecule has 114 valence electrons. The number of aryl methyl sites for hydroxylation is 2. The van der Waals surface area contributed by atoms with E-state index in [1.165, 1.54) is 23.5 Å². The first-order valence-electron chi connectivity index (χ1n) is 5.99. The molecule has 1 heterocycles. The third kappa shape index (κ3) is 3.26. The molecule has 9 heteroatoms. The van der Waals surface area contributed by atoms with Crippen molar-refractivity contribution < 1.29 is 8.42 Å². The van der Waals surface area contributed by atoms with Gasteiger partial charge in [-0.1, -0.05) is 30.1 Å². The first-order chi connectivity index (χ1) is 9.76. The molecule has 1 aromatic heterocycles. The number of benzene rings is 1. The molecule has 2 aromatic rings. The fraction of sp³-hybridized carbons (Fsp3) is 0.250. The zero-order valence-corrected chi connectivity index (χ0v) is 14.4. The lowest BCUT2D eigenvalue weighted by Crippen LogP contribution is -2.14. The van der Waals surface area contributed by atoms with E-state index in [1.807, 2.05) is 13.8 Å². The molecule has 0 aliphatic carbocycles. The number of hydrogen-bond donors (Lipinski definition) is 2. The van der Waals surface area contributed by atoms with Gasteiger partial charge in [0.1, 0.15) is 4.90 Å². The molecule has 1 aromatic carbocycles. The number of sulfonamides is 1. The first-order valence-corrected chi connectivity index (χ1v) is 9.04. The smallest absolute Gasteiger partial charge is 0.265 e. The van der Waals surface area contributed by atoms with Crippen molar-refractivity contribution in [1.82, 2.24) is 4.98 Å². The molecule has 0 bridgehead atoms. The average molecular weight is 366 g/mol. The number of thiazole rings is 1. The zero-order chi connectivity index (χ0) is 15.8. The fourth-order valence-corrected chi connectivity index (χ4v) is 4.63. The van der Waals surface area contributed by atoms with Crippen molar-refractivity contribution in [2.75, 3.05) is 10.5 Å². The van der Waals surface area contributed by atoms with E-state index in [1.54, 1.807) is 0 Å². The third-order valence-corrected chi connectivity index (χ3v) is 6.12.